The Labute approximate surface area is 163 Å². The molecule has 7 heteroatoms. The molecule has 2 aromatic rings. The third-order valence-electron chi connectivity index (χ3n) is 5.21. The number of imide groups is 1. The summed E-state index contributed by atoms with van der Waals surface area (Å²) in [7, 11) is 0. The van der Waals surface area contributed by atoms with Gasteiger partial charge in [0.05, 0.1) is 0 Å². The lowest BCUT2D eigenvalue weighted by molar-refractivity contribution is -0.130. The first-order valence-electron chi connectivity index (χ1n) is 8.97. The molecule has 2 N–H and O–H groups in total. The van der Waals surface area contributed by atoms with Gasteiger partial charge in [-0.2, -0.15) is 0 Å². The monoisotopic (exact) mass is 387 g/mol. The number of nitrogens with zero attached hydrogens (tertiary/aromatic N) is 2. The Hall–Kier alpha value is -2.44. The van der Waals surface area contributed by atoms with Crippen molar-refractivity contribution < 1.29 is 14.4 Å². The van der Waals surface area contributed by atoms with E-state index in [0.717, 1.165) is 17.2 Å². The van der Waals surface area contributed by atoms with Crippen molar-refractivity contribution in [2.75, 3.05) is 19.6 Å². The van der Waals surface area contributed by atoms with Gasteiger partial charge in [-0.05, 0) is 30.4 Å². The molecule has 0 saturated carbocycles. The summed E-state index contributed by atoms with van der Waals surface area (Å²) in [6.07, 6.45) is 1.60. The highest BCUT2D eigenvalue weighted by Gasteiger charge is 2.32. The van der Waals surface area contributed by atoms with E-state index in [9.17, 15) is 14.4 Å². The fourth-order valence-corrected chi connectivity index (χ4v) is 3.84. The van der Waals surface area contributed by atoms with Crippen molar-refractivity contribution in [2.24, 2.45) is 5.73 Å². The average Bonchev–Trinajstić information content (AvgIpc) is 3.08. The fraction of sp³-hybridized carbons (Fsp3) is 0.350. The summed E-state index contributed by atoms with van der Waals surface area (Å²) in [5, 5.41) is 1.62. The van der Waals surface area contributed by atoms with Crippen LogP contribution in [0.15, 0.2) is 36.4 Å². The van der Waals surface area contributed by atoms with E-state index in [1.54, 1.807) is 17.0 Å². The van der Waals surface area contributed by atoms with Crippen LogP contribution in [0.4, 0.5) is 0 Å². The summed E-state index contributed by atoms with van der Waals surface area (Å²) < 4.78 is 0. The summed E-state index contributed by atoms with van der Waals surface area (Å²) in [5.74, 6) is -0.526. The van der Waals surface area contributed by atoms with E-state index in [4.69, 9.17) is 5.73 Å². The van der Waals surface area contributed by atoms with Crippen LogP contribution in [0.25, 0.3) is 10.8 Å². The first kappa shape index (κ1) is 19.3. The minimum absolute atomic E-state index is 0. The van der Waals surface area contributed by atoms with Crippen molar-refractivity contribution in [3.63, 3.8) is 0 Å². The number of nitrogens with two attached hydrogens (primary N) is 1. The van der Waals surface area contributed by atoms with E-state index in [0.29, 0.717) is 37.1 Å². The van der Waals surface area contributed by atoms with Gasteiger partial charge in [0, 0.05) is 48.6 Å². The number of carbonyl (C=O) groups is 3. The molecular weight excluding hydrogens is 366 g/mol. The van der Waals surface area contributed by atoms with Crippen LogP contribution in [0, 0.1) is 0 Å². The van der Waals surface area contributed by atoms with E-state index in [1.165, 1.54) is 4.90 Å². The average molecular weight is 388 g/mol. The molecule has 0 spiro atoms. The van der Waals surface area contributed by atoms with Crippen LogP contribution in [0.2, 0.25) is 0 Å². The molecule has 1 fully saturated rings. The van der Waals surface area contributed by atoms with Crippen molar-refractivity contribution in [1.82, 2.24) is 9.80 Å². The van der Waals surface area contributed by atoms with Gasteiger partial charge in [-0.25, -0.2) is 0 Å². The highest BCUT2D eigenvalue weighted by Crippen LogP contribution is 2.30. The minimum atomic E-state index is -0.282. The molecule has 6 nitrogen and oxygen atoms in total. The Morgan fingerprint density at radius 1 is 1.07 bits per heavy atom. The summed E-state index contributed by atoms with van der Waals surface area (Å²) in [5.41, 5.74) is 6.94. The van der Waals surface area contributed by atoms with Crippen LogP contribution < -0.4 is 5.73 Å². The Morgan fingerprint density at radius 3 is 2.26 bits per heavy atom. The van der Waals surface area contributed by atoms with Gasteiger partial charge in [0.25, 0.3) is 11.8 Å². The van der Waals surface area contributed by atoms with Gasteiger partial charge in [-0.15, -0.1) is 12.4 Å². The predicted octanol–water partition coefficient (Wildman–Crippen LogP) is 2.20. The van der Waals surface area contributed by atoms with E-state index >= 15 is 0 Å². The van der Waals surface area contributed by atoms with Gasteiger partial charge >= 0.3 is 0 Å². The number of rotatable bonds is 4. The highest BCUT2D eigenvalue weighted by atomic mass is 35.5. The first-order valence-corrected chi connectivity index (χ1v) is 8.97. The lowest BCUT2D eigenvalue weighted by Crippen LogP contribution is -2.41. The molecule has 1 atom stereocenters. The predicted molar refractivity (Wildman–Crippen MR) is 105 cm³/mol. The van der Waals surface area contributed by atoms with Crippen LogP contribution in [0.3, 0.4) is 0 Å². The minimum Gasteiger partial charge on any atom is -0.341 e. The van der Waals surface area contributed by atoms with Gasteiger partial charge < -0.3 is 10.6 Å². The topological polar surface area (TPSA) is 83.7 Å². The maximum atomic E-state index is 12.8. The van der Waals surface area contributed by atoms with Crippen molar-refractivity contribution in [3.8, 4) is 0 Å². The zero-order valence-corrected chi connectivity index (χ0v) is 15.7. The van der Waals surface area contributed by atoms with Crippen molar-refractivity contribution >= 4 is 40.9 Å². The lowest BCUT2D eigenvalue weighted by atomic mass is 9.94. The van der Waals surface area contributed by atoms with Gasteiger partial charge in [0.2, 0.25) is 5.91 Å². The van der Waals surface area contributed by atoms with Gasteiger partial charge in [-0.3, -0.25) is 19.3 Å². The van der Waals surface area contributed by atoms with Crippen molar-refractivity contribution in [3.05, 3.63) is 47.5 Å². The number of hydrogen-bond donors (Lipinski definition) is 1. The van der Waals surface area contributed by atoms with Crippen LogP contribution >= 0.6 is 12.4 Å². The molecule has 1 saturated heterocycles. The second-order valence-electron chi connectivity index (χ2n) is 6.96. The third kappa shape index (κ3) is 3.42. The second kappa shape index (κ2) is 7.66. The Bertz CT molecular complexity index is 864. The lowest BCUT2D eigenvalue weighted by Gasteiger charge is -2.27. The molecule has 142 valence electrons. The molecule has 0 aromatic heterocycles. The SMILES string of the molecule is Cl.N[C@@H]1CCN(C(=O)CCCN2C(=O)c3cccc4cccc(c34)C2=O)C1. The molecule has 0 unspecified atom stereocenters. The molecule has 27 heavy (non-hydrogen) atoms. The number of halogens is 1. The molecule has 3 amide bonds. The van der Waals surface area contributed by atoms with Gasteiger partial charge in [-0.1, -0.05) is 24.3 Å². The molecule has 0 bridgehead atoms. The maximum absolute atomic E-state index is 12.8. The summed E-state index contributed by atoms with van der Waals surface area (Å²) >= 11 is 0. The van der Waals surface area contributed by atoms with Crippen molar-refractivity contribution in [1.29, 1.82) is 0 Å². The molecular formula is C20H22ClN3O3. The Balaban J connectivity index is 0.00000210. The standard InChI is InChI=1S/C20H21N3O3.ClH/c21-14-9-11-22(12-14)17(24)8-3-10-23-19(25)15-6-1-4-13-5-2-7-16(18(13)15)20(23)26;/h1-2,4-7,14H,3,8-12,21H2;1H/t14-;/m1./s1. The van der Waals surface area contributed by atoms with Crippen LogP contribution in [0.1, 0.15) is 40.0 Å². The molecule has 2 heterocycles. The molecule has 2 aromatic carbocycles. The van der Waals surface area contributed by atoms with E-state index in [2.05, 4.69) is 0 Å². The fourth-order valence-electron chi connectivity index (χ4n) is 3.84. The molecule has 0 radical (unpaired) electrons. The Kier molecular flexibility index (Phi) is 5.48. The van der Waals surface area contributed by atoms with Crippen LogP contribution in [0.5, 0.6) is 0 Å². The maximum Gasteiger partial charge on any atom is 0.261 e. The molecule has 2 aliphatic rings. The van der Waals surface area contributed by atoms with E-state index < -0.39 is 0 Å². The van der Waals surface area contributed by atoms with Gasteiger partial charge in [0.15, 0.2) is 0 Å². The highest BCUT2D eigenvalue weighted by molar-refractivity contribution is 6.25. The summed E-state index contributed by atoms with van der Waals surface area (Å²) in [4.78, 5) is 40.8. The number of hydrogen-bond acceptors (Lipinski definition) is 4. The smallest absolute Gasteiger partial charge is 0.261 e. The zero-order valence-electron chi connectivity index (χ0n) is 14.9. The first-order chi connectivity index (χ1) is 12.6. The molecule has 2 aliphatic heterocycles. The summed E-state index contributed by atoms with van der Waals surface area (Å²) in [6.45, 7) is 1.53. The molecule has 4 rings (SSSR count). The number of carbonyl (C=O) groups excluding carboxylic acids is 3. The third-order valence-corrected chi connectivity index (χ3v) is 5.21. The van der Waals surface area contributed by atoms with Crippen LogP contribution in [-0.2, 0) is 4.79 Å². The van der Waals surface area contributed by atoms with E-state index in [1.807, 2.05) is 24.3 Å². The number of likely N-dealkylation sites (tertiary alicyclic amines) is 1. The molecule has 0 aliphatic carbocycles. The number of amides is 3. The van der Waals surface area contributed by atoms with Gasteiger partial charge in [0.1, 0.15) is 0 Å². The number of benzene rings is 2. The van der Waals surface area contributed by atoms with Crippen LogP contribution in [-0.4, -0.2) is 53.2 Å². The second-order valence-corrected chi connectivity index (χ2v) is 6.96. The summed E-state index contributed by atoms with van der Waals surface area (Å²) in [6, 6.07) is 11.0. The zero-order chi connectivity index (χ0) is 18.3. The van der Waals surface area contributed by atoms with E-state index in [-0.39, 0.29) is 42.7 Å². The van der Waals surface area contributed by atoms with Crippen molar-refractivity contribution in [2.45, 2.75) is 25.3 Å². The normalized spacial score (nSPS) is 18.8. The largest absolute Gasteiger partial charge is 0.341 e. The Morgan fingerprint density at radius 2 is 1.70 bits per heavy atom. The quantitative estimate of drug-likeness (QED) is 0.815.